The van der Waals surface area contributed by atoms with Gasteiger partial charge in [-0.1, -0.05) is 13.8 Å². The van der Waals surface area contributed by atoms with Crippen LogP contribution in [0.25, 0.3) is 0 Å². The van der Waals surface area contributed by atoms with E-state index in [4.69, 9.17) is 5.11 Å². The molecule has 0 aromatic rings. The van der Waals surface area contributed by atoms with Gasteiger partial charge in [-0.3, -0.25) is 4.79 Å². The van der Waals surface area contributed by atoms with Crippen molar-refractivity contribution in [3.63, 3.8) is 0 Å². The molecule has 0 rings (SSSR count). The molecule has 2 N–H and O–H groups in total. The van der Waals surface area contributed by atoms with Crippen LogP contribution in [0.2, 0.25) is 0 Å². The summed E-state index contributed by atoms with van der Waals surface area (Å²) in [6.07, 6.45) is -0.00160. The van der Waals surface area contributed by atoms with E-state index in [1.807, 2.05) is 13.8 Å². The molecule has 0 aliphatic heterocycles. The number of carboxylic acid groups (broad SMARTS) is 1. The summed E-state index contributed by atoms with van der Waals surface area (Å²) in [5.74, 6) is 0.136. The average Bonchev–Trinajstić information content (AvgIpc) is 2.13. The summed E-state index contributed by atoms with van der Waals surface area (Å²) in [5.41, 5.74) is 0. The molecule has 0 aliphatic rings. The summed E-state index contributed by atoms with van der Waals surface area (Å²) in [5, 5.41) is 10.7. The lowest BCUT2D eigenvalue weighted by atomic mass is 9.94. The molecular weight excluding hydrogens is 198 g/mol. The number of nitrogens with one attached hydrogen (secondary N) is 1. The summed E-state index contributed by atoms with van der Waals surface area (Å²) in [6.45, 7) is 4.36. The molecule has 1 atom stereocenters. The van der Waals surface area contributed by atoms with Gasteiger partial charge in [0.2, 0.25) is 0 Å². The van der Waals surface area contributed by atoms with Crippen molar-refractivity contribution in [3.05, 3.63) is 0 Å². The van der Waals surface area contributed by atoms with E-state index in [1.54, 1.807) is 0 Å². The van der Waals surface area contributed by atoms with Crippen molar-refractivity contribution in [2.24, 2.45) is 11.8 Å². The van der Waals surface area contributed by atoms with Gasteiger partial charge >= 0.3 is 12.1 Å². The normalized spacial score (nSPS) is 12.3. The fraction of sp³-hybridized carbons (Fsp3) is 0.800. The van der Waals surface area contributed by atoms with Crippen LogP contribution >= 0.6 is 0 Å². The molecule has 88 valence electrons. The Morgan fingerprint density at radius 3 is 2.40 bits per heavy atom. The van der Waals surface area contributed by atoms with Gasteiger partial charge in [-0.2, -0.15) is 0 Å². The largest absolute Gasteiger partial charge is 0.469 e. The predicted octanol–water partition coefficient (Wildman–Crippen LogP) is 1.48. The van der Waals surface area contributed by atoms with E-state index in [0.717, 1.165) is 6.42 Å². The van der Waals surface area contributed by atoms with Gasteiger partial charge in [-0.05, 0) is 18.3 Å². The first-order valence-electron chi connectivity index (χ1n) is 4.99. The SMILES string of the molecule is COC(=O)CC(CNC(=O)O)CC(C)C. The molecule has 5 nitrogen and oxygen atoms in total. The fourth-order valence-electron chi connectivity index (χ4n) is 1.46. The number of hydrogen-bond acceptors (Lipinski definition) is 3. The molecule has 0 spiro atoms. The Kier molecular flexibility index (Phi) is 6.49. The predicted molar refractivity (Wildman–Crippen MR) is 55.6 cm³/mol. The summed E-state index contributed by atoms with van der Waals surface area (Å²) in [7, 11) is 1.33. The highest BCUT2D eigenvalue weighted by atomic mass is 16.5. The first-order chi connectivity index (χ1) is 6.95. The number of carbonyl (C=O) groups excluding carboxylic acids is 1. The number of esters is 1. The van der Waals surface area contributed by atoms with Gasteiger partial charge < -0.3 is 15.2 Å². The van der Waals surface area contributed by atoms with Crippen LogP contribution in [0.4, 0.5) is 4.79 Å². The maximum absolute atomic E-state index is 11.1. The number of rotatable bonds is 6. The van der Waals surface area contributed by atoms with Crippen molar-refractivity contribution >= 4 is 12.1 Å². The first kappa shape index (κ1) is 13.7. The Hall–Kier alpha value is -1.26. The van der Waals surface area contributed by atoms with Gasteiger partial charge in [0.15, 0.2) is 0 Å². The lowest BCUT2D eigenvalue weighted by molar-refractivity contribution is -0.141. The molecule has 0 aromatic heterocycles. The van der Waals surface area contributed by atoms with Crippen molar-refractivity contribution in [3.8, 4) is 0 Å². The van der Waals surface area contributed by atoms with Gasteiger partial charge in [0.25, 0.3) is 0 Å². The van der Waals surface area contributed by atoms with E-state index in [0.29, 0.717) is 12.5 Å². The molecule has 5 heteroatoms. The Bertz CT molecular complexity index is 215. The Morgan fingerprint density at radius 1 is 1.40 bits per heavy atom. The second kappa shape index (κ2) is 7.09. The van der Waals surface area contributed by atoms with Crippen molar-refractivity contribution in [1.29, 1.82) is 0 Å². The maximum atomic E-state index is 11.1. The van der Waals surface area contributed by atoms with Crippen molar-refractivity contribution in [2.75, 3.05) is 13.7 Å². The lowest BCUT2D eigenvalue weighted by Crippen LogP contribution is -2.29. The van der Waals surface area contributed by atoms with E-state index >= 15 is 0 Å². The van der Waals surface area contributed by atoms with Crippen LogP contribution in [-0.2, 0) is 9.53 Å². The highest BCUT2D eigenvalue weighted by Gasteiger charge is 2.16. The molecule has 0 aromatic carbocycles. The van der Waals surface area contributed by atoms with E-state index in [2.05, 4.69) is 10.1 Å². The summed E-state index contributed by atoms with van der Waals surface area (Å²) < 4.78 is 4.55. The molecule has 1 unspecified atom stereocenters. The molecule has 0 bridgehead atoms. The van der Waals surface area contributed by atoms with E-state index in [9.17, 15) is 9.59 Å². The second-order valence-electron chi connectivity index (χ2n) is 3.96. The van der Waals surface area contributed by atoms with Gasteiger partial charge in [0.05, 0.1) is 13.5 Å². The van der Waals surface area contributed by atoms with Crippen LogP contribution in [-0.4, -0.2) is 30.8 Å². The minimum atomic E-state index is -1.06. The minimum Gasteiger partial charge on any atom is -0.469 e. The zero-order valence-corrected chi connectivity index (χ0v) is 9.45. The van der Waals surface area contributed by atoms with E-state index in [1.165, 1.54) is 7.11 Å². The zero-order valence-electron chi connectivity index (χ0n) is 9.45. The summed E-state index contributed by atoms with van der Waals surface area (Å²) >= 11 is 0. The number of ether oxygens (including phenoxy) is 1. The second-order valence-corrected chi connectivity index (χ2v) is 3.96. The minimum absolute atomic E-state index is 0.00792. The monoisotopic (exact) mass is 217 g/mol. The number of methoxy groups -OCH3 is 1. The highest BCUT2D eigenvalue weighted by Crippen LogP contribution is 2.15. The zero-order chi connectivity index (χ0) is 11.8. The number of amides is 1. The average molecular weight is 217 g/mol. The smallest absolute Gasteiger partial charge is 0.404 e. The number of carbonyl (C=O) groups is 2. The molecule has 0 aliphatic carbocycles. The molecule has 0 saturated carbocycles. The third-order valence-corrected chi connectivity index (χ3v) is 2.03. The van der Waals surface area contributed by atoms with Gasteiger partial charge in [-0.15, -0.1) is 0 Å². The molecular formula is C10H19NO4. The van der Waals surface area contributed by atoms with Crippen LogP contribution in [0.1, 0.15) is 26.7 Å². The van der Waals surface area contributed by atoms with E-state index < -0.39 is 6.09 Å². The van der Waals surface area contributed by atoms with Gasteiger partial charge in [0, 0.05) is 6.54 Å². The fourth-order valence-corrected chi connectivity index (χ4v) is 1.46. The standard InChI is InChI=1S/C10H19NO4/c1-7(2)4-8(5-9(12)15-3)6-11-10(13)14/h7-8,11H,4-6H2,1-3H3,(H,13,14). The highest BCUT2D eigenvalue weighted by molar-refractivity contribution is 5.69. The molecule has 0 radical (unpaired) electrons. The maximum Gasteiger partial charge on any atom is 0.404 e. The van der Waals surface area contributed by atoms with Crippen LogP contribution in [0.3, 0.4) is 0 Å². The molecule has 15 heavy (non-hydrogen) atoms. The molecule has 0 heterocycles. The van der Waals surface area contributed by atoms with Crippen molar-refractivity contribution in [1.82, 2.24) is 5.32 Å². The first-order valence-corrected chi connectivity index (χ1v) is 4.99. The van der Waals surface area contributed by atoms with Crippen LogP contribution < -0.4 is 5.32 Å². The van der Waals surface area contributed by atoms with Crippen molar-refractivity contribution in [2.45, 2.75) is 26.7 Å². The Morgan fingerprint density at radius 2 is 2.00 bits per heavy atom. The summed E-state index contributed by atoms with van der Waals surface area (Å²) in [4.78, 5) is 21.4. The van der Waals surface area contributed by atoms with E-state index in [-0.39, 0.29) is 18.3 Å². The molecule has 1 amide bonds. The Labute approximate surface area is 89.8 Å². The summed E-state index contributed by atoms with van der Waals surface area (Å²) in [6, 6.07) is 0. The molecule has 0 fully saturated rings. The third kappa shape index (κ3) is 7.78. The van der Waals surface area contributed by atoms with Crippen LogP contribution in [0, 0.1) is 11.8 Å². The lowest BCUT2D eigenvalue weighted by Gasteiger charge is -2.17. The van der Waals surface area contributed by atoms with Gasteiger partial charge in [0.1, 0.15) is 0 Å². The van der Waals surface area contributed by atoms with Crippen LogP contribution in [0.5, 0.6) is 0 Å². The Balaban J connectivity index is 4.05. The number of hydrogen-bond donors (Lipinski definition) is 2. The molecule has 0 saturated heterocycles. The van der Waals surface area contributed by atoms with Gasteiger partial charge in [-0.25, -0.2) is 4.79 Å². The van der Waals surface area contributed by atoms with Crippen molar-refractivity contribution < 1.29 is 19.4 Å². The topological polar surface area (TPSA) is 75.6 Å². The third-order valence-electron chi connectivity index (χ3n) is 2.03. The van der Waals surface area contributed by atoms with Crippen LogP contribution in [0.15, 0.2) is 0 Å². The quantitative estimate of drug-likeness (QED) is 0.661.